The van der Waals surface area contributed by atoms with E-state index in [1.165, 1.54) is 38.6 Å². The Morgan fingerprint density at radius 3 is 1.94 bits per heavy atom. The summed E-state index contributed by atoms with van der Waals surface area (Å²) in [5, 5.41) is 0. The third kappa shape index (κ3) is 2.35. The minimum atomic E-state index is 0.631. The van der Waals surface area contributed by atoms with E-state index >= 15 is 0 Å². The summed E-state index contributed by atoms with van der Waals surface area (Å²) in [5.41, 5.74) is 0.631. The van der Waals surface area contributed by atoms with E-state index in [2.05, 4.69) is 25.8 Å². The first-order chi connectivity index (χ1) is 8.57. The molecule has 0 N–H and O–H groups in total. The monoisotopic (exact) mass is 249 g/mol. The molecule has 1 nitrogen and oxygen atoms in total. The summed E-state index contributed by atoms with van der Waals surface area (Å²) in [6.45, 7) is 6.04. The lowest BCUT2D eigenvalue weighted by atomic mass is 9.52. The molecular formula is C17H31N. The molecule has 4 saturated carbocycles. The van der Waals surface area contributed by atoms with Crippen LogP contribution in [0.15, 0.2) is 0 Å². The van der Waals surface area contributed by atoms with Crippen LogP contribution in [0, 0.1) is 23.7 Å². The van der Waals surface area contributed by atoms with Gasteiger partial charge in [-0.1, -0.05) is 13.8 Å². The van der Waals surface area contributed by atoms with Crippen molar-refractivity contribution in [2.24, 2.45) is 23.7 Å². The largest absolute Gasteiger partial charge is 0.301 e. The topological polar surface area (TPSA) is 3.24 Å². The fourth-order valence-electron chi connectivity index (χ4n) is 5.51. The molecule has 0 heterocycles. The summed E-state index contributed by atoms with van der Waals surface area (Å²) >= 11 is 0. The van der Waals surface area contributed by atoms with Crippen molar-refractivity contribution in [2.45, 2.75) is 70.8 Å². The highest BCUT2D eigenvalue weighted by atomic mass is 15.2. The van der Waals surface area contributed by atoms with Crippen LogP contribution >= 0.6 is 0 Å². The van der Waals surface area contributed by atoms with Gasteiger partial charge in [-0.2, -0.15) is 0 Å². The van der Waals surface area contributed by atoms with Crippen LogP contribution in [0.1, 0.15) is 65.2 Å². The molecule has 0 aromatic rings. The second-order valence-electron chi connectivity index (χ2n) is 8.10. The molecule has 0 atom stereocenters. The minimum absolute atomic E-state index is 0.631. The third-order valence-electron chi connectivity index (χ3n) is 6.09. The van der Waals surface area contributed by atoms with Crippen molar-refractivity contribution in [1.82, 2.24) is 4.90 Å². The number of nitrogens with zero attached hydrogens (tertiary/aromatic N) is 1. The zero-order chi connectivity index (χ0) is 12.8. The van der Waals surface area contributed by atoms with Gasteiger partial charge in [0.25, 0.3) is 0 Å². The summed E-state index contributed by atoms with van der Waals surface area (Å²) in [6, 6.07) is 0. The van der Waals surface area contributed by atoms with Gasteiger partial charge in [0, 0.05) is 5.54 Å². The first-order valence-corrected chi connectivity index (χ1v) is 8.28. The van der Waals surface area contributed by atoms with Crippen LogP contribution in [0.2, 0.25) is 0 Å². The second-order valence-corrected chi connectivity index (χ2v) is 8.10. The first kappa shape index (κ1) is 13.0. The standard InChI is InChI=1S/C17H31N/c1-13(2)5-4-6-18(3)17-10-14-7-15(11-17)9-16(8-14)12-17/h13-16H,4-12H2,1-3H3. The summed E-state index contributed by atoms with van der Waals surface area (Å²) in [5.74, 6) is 4.13. The van der Waals surface area contributed by atoms with E-state index < -0.39 is 0 Å². The Bertz CT molecular complexity index is 259. The van der Waals surface area contributed by atoms with E-state index in [1.807, 2.05) is 0 Å². The molecular weight excluding hydrogens is 218 g/mol. The summed E-state index contributed by atoms with van der Waals surface area (Å²) in [7, 11) is 2.42. The first-order valence-electron chi connectivity index (χ1n) is 8.28. The van der Waals surface area contributed by atoms with E-state index in [-0.39, 0.29) is 0 Å². The van der Waals surface area contributed by atoms with Gasteiger partial charge in [-0.05, 0) is 88.6 Å². The normalized spacial score (nSPS) is 42.2. The number of rotatable bonds is 5. The average Bonchev–Trinajstić information content (AvgIpc) is 2.26. The van der Waals surface area contributed by atoms with Crippen LogP contribution in [0.3, 0.4) is 0 Å². The van der Waals surface area contributed by atoms with Crippen molar-refractivity contribution in [3.8, 4) is 0 Å². The smallest absolute Gasteiger partial charge is 0.0214 e. The van der Waals surface area contributed by atoms with Gasteiger partial charge in [0.15, 0.2) is 0 Å². The van der Waals surface area contributed by atoms with Crippen LogP contribution in [0.5, 0.6) is 0 Å². The third-order valence-corrected chi connectivity index (χ3v) is 6.09. The molecule has 4 rings (SSSR count). The summed E-state index contributed by atoms with van der Waals surface area (Å²) < 4.78 is 0. The fourth-order valence-corrected chi connectivity index (χ4v) is 5.51. The van der Waals surface area contributed by atoms with Gasteiger partial charge in [-0.25, -0.2) is 0 Å². The molecule has 0 aliphatic heterocycles. The number of hydrogen-bond donors (Lipinski definition) is 0. The lowest BCUT2D eigenvalue weighted by Gasteiger charge is -2.60. The van der Waals surface area contributed by atoms with Crippen molar-refractivity contribution in [3.63, 3.8) is 0 Å². The van der Waals surface area contributed by atoms with Crippen LogP contribution in [0.4, 0.5) is 0 Å². The van der Waals surface area contributed by atoms with Gasteiger partial charge in [-0.3, -0.25) is 0 Å². The Morgan fingerprint density at radius 1 is 1.00 bits per heavy atom. The predicted molar refractivity (Wildman–Crippen MR) is 77.6 cm³/mol. The van der Waals surface area contributed by atoms with Crippen LogP contribution in [-0.2, 0) is 0 Å². The van der Waals surface area contributed by atoms with Gasteiger partial charge in [0.05, 0.1) is 0 Å². The Morgan fingerprint density at radius 2 is 1.50 bits per heavy atom. The van der Waals surface area contributed by atoms with Crippen molar-refractivity contribution < 1.29 is 0 Å². The van der Waals surface area contributed by atoms with Crippen molar-refractivity contribution in [1.29, 1.82) is 0 Å². The van der Waals surface area contributed by atoms with Crippen molar-refractivity contribution in [2.75, 3.05) is 13.6 Å². The lowest BCUT2D eigenvalue weighted by molar-refractivity contribution is -0.0794. The lowest BCUT2D eigenvalue weighted by Crippen LogP contribution is -2.58. The van der Waals surface area contributed by atoms with Crippen LogP contribution < -0.4 is 0 Å². The zero-order valence-electron chi connectivity index (χ0n) is 12.6. The molecule has 18 heavy (non-hydrogen) atoms. The molecule has 0 amide bonds. The second kappa shape index (κ2) is 4.81. The summed E-state index contributed by atoms with van der Waals surface area (Å²) in [6.07, 6.45) is 12.1. The Labute approximate surface area is 113 Å². The van der Waals surface area contributed by atoms with Gasteiger partial charge < -0.3 is 4.90 Å². The van der Waals surface area contributed by atoms with E-state index in [0.717, 1.165) is 23.7 Å². The molecule has 4 fully saturated rings. The highest BCUT2D eigenvalue weighted by Crippen LogP contribution is 2.57. The molecule has 0 radical (unpaired) electrons. The van der Waals surface area contributed by atoms with E-state index in [9.17, 15) is 0 Å². The average molecular weight is 249 g/mol. The van der Waals surface area contributed by atoms with Gasteiger partial charge in [0.2, 0.25) is 0 Å². The predicted octanol–water partition coefficient (Wildman–Crippen LogP) is 4.32. The quantitative estimate of drug-likeness (QED) is 0.701. The molecule has 0 spiro atoms. The minimum Gasteiger partial charge on any atom is -0.301 e. The van der Waals surface area contributed by atoms with Gasteiger partial charge in [-0.15, -0.1) is 0 Å². The molecule has 0 unspecified atom stereocenters. The van der Waals surface area contributed by atoms with Crippen molar-refractivity contribution >= 4 is 0 Å². The molecule has 4 aliphatic rings. The van der Waals surface area contributed by atoms with Crippen LogP contribution in [0.25, 0.3) is 0 Å². The highest BCUT2D eigenvalue weighted by Gasteiger charge is 2.52. The maximum absolute atomic E-state index is 2.78. The highest BCUT2D eigenvalue weighted by molar-refractivity contribution is 5.06. The van der Waals surface area contributed by atoms with Crippen LogP contribution in [-0.4, -0.2) is 24.0 Å². The molecule has 4 aliphatic carbocycles. The van der Waals surface area contributed by atoms with E-state index in [1.54, 1.807) is 19.3 Å². The van der Waals surface area contributed by atoms with Gasteiger partial charge >= 0.3 is 0 Å². The SMILES string of the molecule is CC(C)CCCN(C)C12CC3CC(CC(C3)C1)C2. The Hall–Kier alpha value is -0.0400. The van der Waals surface area contributed by atoms with E-state index in [4.69, 9.17) is 0 Å². The summed E-state index contributed by atoms with van der Waals surface area (Å²) in [4.78, 5) is 2.78. The molecule has 0 saturated heterocycles. The zero-order valence-corrected chi connectivity index (χ0v) is 12.6. The van der Waals surface area contributed by atoms with Gasteiger partial charge in [0.1, 0.15) is 0 Å². The molecule has 0 aromatic heterocycles. The fraction of sp³-hybridized carbons (Fsp3) is 1.00. The maximum Gasteiger partial charge on any atom is 0.0214 e. The maximum atomic E-state index is 2.78. The molecule has 4 bridgehead atoms. The van der Waals surface area contributed by atoms with E-state index in [0.29, 0.717) is 5.54 Å². The van der Waals surface area contributed by atoms with Crippen molar-refractivity contribution in [3.05, 3.63) is 0 Å². The molecule has 104 valence electrons. The Kier molecular flexibility index (Phi) is 3.47. The molecule has 1 heteroatoms. The Balaban J connectivity index is 1.60. The molecule has 0 aromatic carbocycles. The number of hydrogen-bond acceptors (Lipinski definition) is 1.